The quantitative estimate of drug-likeness (QED) is 0.309. The number of benzene rings is 1. The van der Waals surface area contributed by atoms with E-state index < -0.39 is 11.4 Å². The third-order valence-corrected chi connectivity index (χ3v) is 4.82. The summed E-state index contributed by atoms with van der Waals surface area (Å²) in [7, 11) is 0. The predicted octanol–water partition coefficient (Wildman–Crippen LogP) is 5.50. The van der Waals surface area contributed by atoms with Gasteiger partial charge in [-0.1, -0.05) is 39.5 Å². The fourth-order valence-corrected chi connectivity index (χ4v) is 2.84. The van der Waals surface area contributed by atoms with Gasteiger partial charge in [0.05, 0.1) is 6.07 Å². The molecule has 0 bridgehead atoms. The minimum Gasteiger partial charge on any atom is -0.425 e. The smallest absolute Gasteiger partial charge is 0.331 e. The van der Waals surface area contributed by atoms with Crippen molar-refractivity contribution < 1.29 is 9.53 Å². The summed E-state index contributed by atoms with van der Waals surface area (Å²) in [4.78, 5) is 21.3. The summed E-state index contributed by atoms with van der Waals surface area (Å²) in [6, 6.07) is 9.17. The molecule has 0 aliphatic carbocycles. The van der Waals surface area contributed by atoms with E-state index in [0.717, 1.165) is 36.8 Å². The Hall–Kier alpha value is -2.74. The van der Waals surface area contributed by atoms with Crippen molar-refractivity contribution in [2.75, 3.05) is 0 Å². The van der Waals surface area contributed by atoms with Crippen LogP contribution in [0.3, 0.4) is 0 Å². The lowest BCUT2D eigenvalue weighted by Crippen LogP contribution is -2.30. The number of aromatic nitrogens is 2. The summed E-state index contributed by atoms with van der Waals surface area (Å²) < 4.78 is 5.43. The lowest BCUT2D eigenvalue weighted by Gasteiger charge is -2.19. The van der Waals surface area contributed by atoms with Crippen molar-refractivity contribution in [1.29, 1.82) is 5.26 Å². The molecule has 0 fully saturated rings. The predicted molar refractivity (Wildman–Crippen MR) is 110 cm³/mol. The molecule has 0 saturated carbocycles. The van der Waals surface area contributed by atoms with E-state index >= 15 is 0 Å². The number of unbranched alkanes of at least 4 members (excludes halogenated alkanes) is 3. The van der Waals surface area contributed by atoms with Crippen molar-refractivity contribution in [3.8, 4) is 23.2 Å². The van der Waals surface area contributed by atoms with Gasteiger partial charge in [0.15, 0.2) is 11.2 Å². The zero-order valence-electron chi connectivity index (χ0n) is 17.1. The molecule has 1 heterocycles. The Bertz CT molecular complexity index is 794. The van der Waals surface area contributed by atoms with Crippen molar-refractivity contribution >= 4 is 5.97 Å². The Balaban J connectivity index is 2.01. The largest absolute Gasteiger partial charge is 0.425 e. The summed E-state index contributed by atoms with van der Waals surface area (Å²) >= 11 is 0. The molecular formula is C23H29N3O2. The Morgan fingerprint density at radius 1 is 1.07 bits per heavy atom. The fourth-order valence-electron chi connectivity index (χ4n) is 2.84. The van der Waals surface area contributed by atoms with E-state index in [9.17, 15) is 10.1 Å². The molecule has 0 spiro atoms. The van der Waals surface area contributed by atoms with Crippen LogP contribution in [0, 0.1) is 16.7 Å². The monoisotopic (exact) mass is 379 g/mol. The van der Waals surface area contributed by atoms with Gasteiger partial charge in [0.2, 0.25) is 0 Å². The molecular weight excluding hydrogens is 350 g/mol. The second-order valence-electron chi connectivity index (χ2n) is 7.33. The molecule has 0 radical (unpaired) electrons. The molecule has 1 aromatic carbocycles. The summed E-state index contributed by atoms with van der Waals surface area (Å²) in [6.45, 7) is 5.85. The fraction of sp³-hybridized carbons (Fsp3) is 0.478. The van der Waals surface area contributed by atoms with Crippen LogP contribution in [0.15, 0.2) is 36.7 Å². The van der Waals surface area contributed by atoms with Gasteiger partial charge in [-0.2, -0.15) is 5.26 Å². The van der Waals surface area contributed by atoms with Crippen molar-refractivity contribution in [3.63, 3.8) is 0 Å². The minimum atomic E-state index is -1.12. The molecule has 0 saturated heterocycles. The van der Waals surface area contributed by atoms with Crippen LogP contribution in [0.25, 0.3) is 11.4 Å². The summed E-state index contributed by atoms with van der Waals surface area (Å²) in [6.07, 6.45) is 10.5. The van der Waals surface area contributed by atoms with Crippen LogP contribution < -0.4 is 4.74 Å². The highest BCUT2D eigenvalue weighted by Gasteiger charge is 2.34. The number of ether oxygens (including phenoxy) is 1. The molecule has 2 rings (SSSR count). The van der Waals surface area contributed by atoms with Gasteiger partial charge < -0.3 is 4.74 Å². The SMILES string of the molecule is CCCCCc1cnc(-c2ccc(OC(=O)C(C)(C#N)CCCC)cc2)nc1. The maximum Gasteiger partial charge on any atom is 0.331 e. The number of rotatable bonds is 10. The van der Waals surface area contributed by atoms with E-state index in [4.69, 9.17) is 4.74 Å². The molecule has 1 atom stereocenters. The first kappa shape index (κ1) is 21.6. The highest BCUT2D eigenvalue weighted by Crippen LogP contribution is 2.27. The highest BCUT2D eigenvalue weighted by atomic mass is 16.5. The molecule has 1 unspecified atom stereocenters. The van der Waals surface area contributed by atoms with Gasteiger partial charge in [0.1, 0.15) is 5.75 Å². The number of hydrogen-bond acceptors (Lipinski definition) is 5. The lowest BCUT2D eigenvalue weighted by molar-refractivity contribution is -0.142. The average molecular weight is 380 g/mol. The number of esters is 1. The van der Waals surface area contributed by atoms with Gasteiger partial charge in [-0.3, -0.25) is 0 Å². The number of nitrogens with zero attached hydrogens (tertiary/aromatic N) is 3. The van der Waals surface area contributed by atoms with E-state index in [1.54, 1.807) is 19.1 Å². The van der Waals surface area contributed by atoms with Gasteiger partial charge in [-0.15, -0.1) is 0 Å². The van der Waals surface area contributed by atoms with Crippen LogP contribution in [0.1, 0.15) is 64.9 Å². The van der Waals surface area contributed by atoms with E-state index in [1.165, 1.54) is 12.8 Å². The van der Waals surface area contributed by atoms with Crippen LogP contribution in [0.5, 0.6) is 5.75 Å². The zero-order chi connectivity index (χ0) is 20.4. The first-order chi connectivity index (χ1) is 13.5. The molecule has 0 aliphatic rings. The van der Waals surface area contributed by atoms with Gasteiger partial charge in [0.25, 0.3) is 0 Å². The third-order valence-electron chi connectivity index (χ3n) is 4.82. The molecule has 0 aliphatic heterocycles. The van der Waals surface area contributed by atoms with Crippen molar-refractivity contribution in [3.05, 3.63) is 42.2 Å². The van der Waals surface area contributed by atoms with Crippen LogP contribution in [-0.2, 0) is 11.2 Å². The Morgan fingerprint density at radius 3 is 2.29 bits per heavy atom. The van der Waals surface area contributed by atoms with Gasteiger partial charge in [0, 0.05) is 18.0 Å². The molecule has 2 aromatic rings. The summed E-state index contributed by atoms with van der Waals surface area (Å²) in [5.41, 5.74) is 0.880. The van der Waals surface area contributed by atoms with E-state index in [2.05, 4.69) is 23.0 Å². The molecule has 148 valence electrons. The van der Waals surface area contributed by atoms with E-state index in [1.807, 2.05) is 31.5 Å². The highest BCUT2D eigenvalue weighted by molar-refractivity contribution is 5.81. The average Bonchev–Trinajstić information content (AvgIpc) is 2.73. The van der Waals surface area contributed by atoms with Crippen molar-refractivity contribution in [2.45, 2.75) is 65.7 Å². The van der Waals surface area contributed by atoms with Gasteiger partial charge >= 0.3 is 5.97 Å². The maximum absolute atomic E-state index is 12.4. The zero-order valence-corrected chi connectivity index (χ0v) is 17.1. The van der Waals surface area contributed by atoms with Gasteiger partial charge in [-0.05, 0) is 56.0 Å². The number of carbonyl (C=O) groups excluding carboxylic acids is 1. The number of carbonyl (C=O) groups is 1. The lowest BCUT2D eigenvalue weighted by atomic mass is 9.87. The summed E-state index contributed by atoms with van der Waals surface area (Å²) in [5.74, 6) is 0.550. The molecule has 5 nitrogen and oxygen atoms in total. The van der Waals surface area contributed by atoms with Crippen molar-refractivity contribution in [1.82, 2.24) is 9.97 Å². The van der Waals surface area contributed by atoms with E-state index in [0.29, 0.717) is 18.0 Å². The number of hydrogen-bond donors (Lipinski definition) is 0. The Kier molecular flexibility index (Phi) is 8.13. The molecule has 1 aromatic heterocycles. The first-order valence-electron chi connectivity index (χ1n) is 10.1. The summed E-state index contributed by atoms with van der Waals surface area (Å²) in [5, 5.41) is 9.38. The normalized spacial score (nSPS) is 12.8. The maximum atomic E-state index is 12.4. The first-order valence-corrected chi connectivity index (χ1v) is 10.1. The Labute approximate surface area is 167 Å². The minimum absolute atomic E-state index is 0.419. The molecule has 0 amide bonds. The topological polar surface area (TPSA) is 75.9 Å². The van der Waals surface area contributed by atoms with Crippen LogP contribution in [-0.4, -0.2) is 15.9 Å². The second kappa shape index (κ2) is 10.6. The van der Waals surface area contributed by atoms with Crippen LogP contribution in [0.4, 0.5) is 0 Å². The van der Waals surface area contributed by atoms with Crippen LogP contribution in [0.2, 0.25) is 0 Å². The van der Waals surface area contributed by atoms with Crippen LogP contribution >= 0.6 is 0 Å². The van der Waals surface area contributed by atoms with E-state index in [-0.39, 0.29) is 0 Å². The molecule has 28 heavy (non-hydrogen) atoms. The Morgan fingerprint density at radius 2 is 1.71 bits per heavy atom. The number of aryl methyl sites for hydroxylation is 1. The number of nitriles is 1. The van der Waals surface area contributed by atoms with Gasteiger partial charge in [-0.25, -0.2) is 14.8 Å². The van der Waals surface area contributed by atoms with Crippen molar-refractivity contribution in [2.24, 2.45) is 5.41 Å². The second-order valence-corrected chi connectivity index (χ2v) is 7.33. The molecule has 0 N–H and O–H groups in total. The third kappa shape index (κ3) is 5.88. The molecule has 5 heteroatoms. The standard InChI is InChI=1S/C23H29N3O2/c1-4-6-8-9-18-15-25-21(26-16-18)19-10-12-20(13-11-19)28-22(27)23(3,17-24)14-7-5-2/h10-13,15-16H,4-9,14H2,1-3H3.